The SMILES string of the molecule is CC/C=C\C/C=C\C/C=C\C/C=C\C/C=C\C/C=C\CCC(=O)O[C@H](COC(=O)CCCC/C=C\C/C=C\C/C=C\CCCCC)COP(=O)(O)OC[C@@H](O)COP(=O)(O)O. The van der Waals surface area contributed by atoms with E-state index in [2.05, 4.69) is 114 Å². The molecule has 13 nitrogen and oxygen atoms in total. The van der Waals surface area contributed by atoms with Crippen LogP contribution >= 0.6 is 15.6 Å². The minimum absolute atomic E-state index is 0.00879. The summed E-state index contributed by atoms with van der Waals surface area (Å²) in [6, 6.07) is 0. The van der Waals surface area contributed by atoms with Gasteiger partial charge in [-0.15, -0.1) is 0 Å². The molecular weight excluding hydrogens is 822 g/mol. The average Bonchev–Trinajstić information content (AvgIpc) is 3.22. The van der Waals surface area contributed by atoms with Gasteiger partial charge in [-0.05, 0) is 89.9 Å². The predicted molar refractivity (Wildman–Crippen MR) is 243 cm³/mol. The molecule has 0 heterocycles. The number of aliphatic hydroxyl groups excluding tert-OH is 1. The summed E-state index contributed by atoms with van der Waals surface area (Å²) in [5, 5.41) is 9.74. The van der Waals surface area contributed by atoms with Crippen LogP contribution in [0.3, 0.4) is 0 Å². The smallest absolute Gasteiger partial charge is 0.462 e. The summed E-state index contributed by atoms with van der Waals surface area (Å²) in [5.41, 5.74) is 0. The second kappa shape index (κ2) is 40.8. The number of esters is 2. The molecule has 0 aliphatic heterocycles. The predicted octanol–water partition coefficient (Wildman–Crippen LogP) is 11.1. The maximum atomic E-state index is 12.6. The Labute approximate surface area is 365 Å². The fraction of sp³-hybridized carbons (Fsp3) is 0.565. The lowest BCUT2D eigenvalue weighted by Crippen LogP contribution is -2.29. The van der Waals surface area contributed by atoms with Gasteiger partial charge in [-0.3, -0.25) is 23.2 Å². The van der Waals surface area contributed by atoms with E-state index in [0.29, 0.717) is 19.3 Å². The van der Waals surface area contributed by atoms with Crippen LogP contribution in [0, 0.1) is 0 Å². The number of ether oxygens (including phenoxy) is 2. The molecule has 0 amide bonds. The molecule has 0 aliphatic rings. The van der Waals surface area contributed by atoms with Crippen molar-refractivity contribution in [1.29, 1.82) is 0 Å². The number of rotatable bonds is 39. The zero-order valence-electron chi connectivity index (χ0n) is 36.5. The van der Waals surface area contributed by atoms with E-state index >= 15 is 0 Å². The van der Waals surface area contributed by atoms with Crippen molar-refractivity contribution in [2.24, 2.45) is 0 Å². The summed E-state index contributed by atoms with van der Waals surface area (Å²) < 4.78 is 47.6. The highest BCUT2D eigenvalue weighted by Crippen LogP contribution is 2.43. The molecule has 61 heavy (non-hydrogen) atoms. The van der Waals surface area contributed by atoms with E-state index < -0.39 is 66.2 Å². The molecule has 0 spiro atoms. The molecule has 0 bridgehead atoms. The van der Waals surface area contributed by atoms with E-state index in [1.54, 1.807) is 0 Å². The maximum absolute atomic E-state index is 12.6. The molecule has 0 saturated carbocycles. The first kappa shape index (κ1) is 57.8. The molecule has 0 aliphatic carbocycles. The second-order valence-corrected chi connectivity index (χ2v) is 16.6. The summed E-state index contributed by atoms with van der Waals surface area (Å²) in [6.07, 6.45) is 49.6. The van der Waals surface area contributed by atoms with Gasteiger partial charge in [-0.1, -0.05) is 136 Å². The van der Waals surface area contributed by atoms with Crippen molar-refractivity contribution in [3.63, 3.8) is 0 Å². The maximum Gasteiger partial charge on any atom is 0.472 e. The highest BCUT2D eigenvalue weighted by molar-refractivity contribution is 7.47. The number of phosphoric ester groups is 2. The number of carbonyl (C=O) groups is 2. The van der Waals surface area contributed by atoms with E-state index in [4.69, 9.17) is 23.8 Å². The van der Waals surface area contributed by atoms with Crippen LogP contribution in [0.2, 0.25) is 0 Å². The third-order valence-electron chi connectivity index (χ3n) is 8.15. The van der Waals surface area contributed by atoms with Crippen LogP contribution in [0.15, 0.2) is 109 Å². The number of carbonyl (C=O) groups excluding carboxylic acids is 2. The molecule has 346 valence electrons. The second-order valence-electron chi connectivity index (χ2n) is 13.9. The van der Waals surface area contributed by atoms with Gasteiger partial charge >= 0.3 is 27.6 Å². The minimum Gasteiger partial charge on any atom is -0.462 e. The first-order valence-electron chi connectivity index (χ1n) is 21.6. The molecule has 3 atom stereocenters. The molecule has 0 aromatic heterocycles. The normalized spacial score (nSPS) is 15.0. The van der Waals surface area contributed by atoms with Crippen molar-refractivity contribution >= 4 is 27.6 Å². The molecule has 1 unspecified atom stereocenters. The molecule has 0 fully saturated rings. The Hall–Kier alpha value is -3.22. The number of allylic oxidation sites excluding steroid dienone is 18. The molecule has 4 N–H and O–H groups in total. The molecule has 0 saturated heterocycles. The summed E-state index contributed by atoms with van der Waals surface area (Å²) in [4.78, 5) is 52.6. The largest absolute Gasteiger partial charge is 0.472 e. The van der Waals surface area contributed by atoms with Gasteiger partial charge < -0.3 is 29.3 Å². The van der Waals surface area contributed by atoms with Crippen LogP contribution in [0.1, 0.15) is 129 Å². The van der Waals surface area contributed by atoms with Gasteiger partial charge in [0.25, 0.3) is 0 Å². The number of hydrogen-bond donors (Lipinski definition) is 4. The van der Waals surface area contributed by atoms with Crippen LogP contribution in [0.4, 0.5) is 0 Å². The van der Waals surface area contributed by atoms with E-state index in [-0.39, 0.29) is 12.8 Å². The van der Waals surface area contributed by atoms with Crippen LogP contribution in [0.5, 0.6) is 0 Å². The fourth-order valence-electron chi connectivity index (χ4n) is 4.91. The fourth-order valence-corrected chi connectivity index (χ4v) is 6.06. The average molecular weight is 897 g/mol. The van der Waals surface area contributed by atoms with Crippen molar-refractivity contribution in [2.75, 3.05) is 26.4 Å². The lowest BCUT2D eigenvalue weighted by atomic mass is 10.1. The van der Waals surface area contributed by atoms with Gasteiger partial charge in [-0.2, -0.15) is 0 Å². The van der Waals surface area contributed by atoms with Crippen LogP contribution in [0.25, 0.3) is 0 Å². The Bertz CT molecular complexity index is 1490. The monoisotopic (exact) mass is 896 g/mol. The van der Waals surface area contributed by atoms with E-state index in [1.807, 2.05) is 18.2 Å². The van der Waals surface area contributed by atoms with Crippen molar-refractivity contribution in [3.05, 3.63) is 109 Å². The molecule has 0 aromatic rings. The van der Waals surface area contributed by atoms with Crippen LogP contribution in [-0.4, -0.2) is 70.4 Å². The van der Waals surface area contributed by atoms with Crippen molar-refractivity contribution in [1.82, 2.24) is 0 Å². The number of unbranched alkanes of at least 4 members (excludes halogenated alkanes) is 5. The van der Waals surface area contributed by atoms with Gasteiger partial charge in [-0.25, -0.2) is 9.13 Å². The molecule has 0 aromatic carbocycles. The Morgan fingerprint density at radius 1 is 0.492 bits per heavy atom. The van der Waals surface area contributed by atoms with E-state index in [1.165, 1.54) is 19.3 Å². The van der Waals surface area contributed by atoms with Crippen LogP contribution in [-0.2, 0) is 41.8 Å². The zero-order chi connectivity index (χ0) is 45.1. The number of aliphatic hydroxyl groups is 1. The molecule has 15 heteroatoms. The van der Waals surface area contributed by atoms with Crippen molar-refractivity contribution in [2.45, 2.75) is 142 Å². The third kappa shape index (κ3) is 44.6. The lowest BCUT2D eigenvalue weighted by Gasteiger charge is -2.20. The Kier molecular flexibility index (Phi) is 38.7. The highest BCUT2D eigenvalue weighted by Gasteiger charge is 2.28. The van der Waals surface area contributed by atoms with Gasteiger partial charge in [0.05, 0.1) is 19.8 Å². The summed E-state index contributed by atoms with van der Waals surface area (Å²) in [5.74, 6) is -1.19. The number of hydrogen-bond acceptors (Lipinski definition) is 10. The van der Waals surface area contributed by atoms with Gasteiger partial charge in [0.2, 0.25) is 0 Å². The van der Waals surface area contributed by atoms with E-state index in [9.17, 15) is 28.7 Å². The molecule has 0 radical (unpaired) electrons. The highest BCUT2D eigenvalue weighted by atomic mass is 31.2. The van der Waals surface area contributed by atoms with Gasteiger partial charge in [0.15, 0.2) is 6.10 Å². The van der Waals surface area contributed by atoms with Gasteiger partial charge in [0, 0.05) is 12.8 Å². The molecular formula is C46H74O13P2. The zero-order valence-corrected chi connectivity index (χ0v) is 38.2. The number of phosphoric acid groups is 2. The summed E-state index contributed by atoms with van der Waals surface area (Å²) >= 11 is 0. The Morgan fingerprint density at radius 3 is 1.39 bits per heavy atom. The first-order chi connectivity index (χ1) is 29.4. The minimum atomic E-state index is -4.88. The summed E-state index contributed by atoms with van der Waals surface area (Å²) in [6.45, 7) is 1.46. The summed E-state index contributed by atoms with van der Waals surface area (Å²) in [7, 11) is -9.72. The van der Waals surface area contributed by atoms with E-state index in [0.717, 1.165) is 64.2 Å². The van der Waals surface area contributed by atoms with Crippen LogP contribution < -0.4 is 0 Å². The lowest BCUT2D eigenvalue weighted by molar-refractivity contribution is -0.161. The Balaban J connectivity index is 4.74. The topological polar surface area (TPSA) is 195 Å². The van der Waals surface area contributed by atoms with Crippen molar-refractivity contribution in [3.8, 4) is 0 Å². The Morgan fingerprint density at radius 2 is 0.918 bits per heavy atom. The first-order valence-corrected chi connectivity index (χ1v) is 24.6. The standard InChI is InChI=1S/C46H74O13P2/c1-3-5-7-9-11-13-15-17-19-20-21-22-24-26-28-30-32-34-36-38-46(49)59-44(42-58-61(53,54)57-40-43(47)39-56-60(50,51)52)41-55-45(48)37-35-33-31-29-27-25-23-18-16-14-12-10-8-6-4-2/h5,7,11-14,17-19,21-23,26-29,32,34,43-44,47H,3-4,6,8-10,15-16,20,24-25,30-31,33,35-42H2,1-2H3,(H,53,54)(H2,50,51,52)/b7-5-,13-11-,14-12-,19-17-,22-21-,23-18-,28-26-,29-27-,34-32-/t43-,44+/m0/s1. The quantitative estimate of drug-likeness (QED) is 0.0197. The van der Waals surface area contributed by atoms with Gasteiger partial charge in [0.1, 0.15) is 12.7 Å². The van der Waals surface area contributed by atoms with Crippen molar-refractivity contribution < 1.29 is 61.6 Å². The third-order valence-corrected chi connectivity index (χ3v) is 9.59. The molecule has 0 rings (SSSR count).